The van der Waals surface area contributed by atoms with Crippen molar-refractivity contribution in [2.75, 3.05) is 25.6 Å². The smallest absolute Gasteiger partial charge is 0.404 e. The van der Waals surface area contributed by atoms with Crippen LogP contribution in [0, 0.1) is 5.92 Å². The molecule has 0 spiro atoms. The molecule has 4 N–H and O–H groups in total. The highest BCUT2D eigenvalue weighted by Crippen LogP contribution is 2.30. The number of anilines is 1. The number of nitrogens with two attached hydrogens (primary N) is 1. The summed E-state index contributed by atoms with van der Waals surface area (Å²) in [5, 5.41) is 5.57. The Morgan fingerprint density at radius 1 is 1.06 bits per heavy atom. The lowest BCUT2D eigenvalue weighted by Gasteiger charge is -2.19. The highest BCUT2D eigenvalue weighted by Gasteiger charge is 2.17. The minimum absolute atomic E-state index is 0.0837. The number of carbonyl (C=O) groups is 2. The Morgan fingerprint density at radius 3 is 2.45 bits per heavy atom. The molecule has 2 rings (SSSR count). The first-order valence-corrected chi connectivity index (χ1v) is 10.2. The molecule has 0 radical (unpaired) electrons. The summed E-state index contributed by atoms with van der Waals surface area (Å²) in [7, 11) is 1.57. The van der Waals surface area contributed by atoms with Crippen LogP contribution in [0.4, 0.5) is 15.3 Å². The first kappa shape index (κ1) is 23.9. The Hall–Kier alpha value is -3.42. The molecule has 0 heterocycles. The van der Waals surface area contributed by atoms with Crippen LogP contribution >= 0.6 is 0 Å². The molecule has 0 aliphatic heterocycles. The zero-order valence-corrected chi connectivity index (χ0v) is 18.2. The molecule has 0 unspecified atom stereocenters. The van der Waals surface area contributed by atoms with Gasteiger partial charge < -0.3 is 30.6 Å². The van der Waals surface area contributed by atoms with E-state index >= 15 is 0 Å². The lowest BCUT2D eigenvalue weighted by Crippen LogP contribution is -2.36. The normalized spacial score (nSPS) is 11.5. The van der Waals surface area contributed by atoms with E-state index in [0.717, 1.165) is 18.4 Å². The Morgan fingerprint density at radius 2 is 1.81 bits per heavy atom. The van der Waals surface area contributed by atoms with E-state index in [2.05, 4.69) is 24.5 Å². The van der Waals surface area contributed by atoms with Gasteiger partial charge in [0.15, 0.2) is 11.5 Å². The van der Waals surface area contributed by atoms with Gasteiger partial charge in [-0.3, -0.25) is 0 Å². The molecular weight excluding hydrogens is 398 g/mol. The van der Waals surface area contributed by atoms with E-state index in [1.54, 1.807) is 25.3 Å². The van der Waals surface area contributed by atoms with Crippen molar-refractivity contribution >= 4 is 17.8 Å². The van der Waals surface area contributed by atoms with Gasteiger partial charge >= 0.3 is 12.1 Å². The van der Waals surface area contributed by atoms with Crippen molar-refractivity contribution in [2.45, 2.75) is 32.7 Å². The average Bonchev–Trinajstić information content (AvgIpc) is 2.74. The lowest BCUT2D eigenvalue weighted by atomic mass is 10.1. The summed E-state index contributed by atoms with van der Waals surface area (Å²) in [6.07, 6.45) is 1.09. The van der Waals surface area contributed by atoms with Gasteiger partial charge in [-0.25, -0.2) is 9.59 Å². The molecule has 0 saturated carbocycles. The van der Waals surface area contributed by atoms with Crippen molar-refractivity contribution in [3.8, 4) is 11.5 Å². The molecule has 0 fully saturated rings. The molecule has 0 aliphatic carbocycles. The van der Waals surface area contributed by atoms with Crippen LogP contribution in [0.3, 0.4) is 0 Å². The number of primary amides is 1. The maximum atomic E-state index is 12.6. The van der Waals surface area contributed by atoms with E-state index in [1.165, 1.54) is 0 Å². The van der Waals surface area contributed by atoms with Gasteiger partial charge in [0.1, 0.15) is 6.61 Å². The van der Waals surface area contributed by atoms with Gasteiger partial charge in [-0.2, -0.15) is 0 Å². The van der Waals surface area contributed by atoms with E-state index in [-0.39, 0.29) is 6.61 Å². The molecule has 0 aromatic heterocycles. The van der Waals surface area contributed by atoms with Crippen LogP contribution < -0.4 is 25.8 Å². The second kappa shape index (κ2) is 12.3. The molecule has 1 atom stereocenters. The van der Waals surface area contributed by atoms with Crippen LogP contribution in [-0.2, 0) is 4.74 Å². The Labute approximate surface area is 183 Å². The summed E-state index contributed by atoms with van der Waals surface area (Å²) in [5.41, 5.74) is 6.39. The molecule has 3 amide bonds. The molecule has 0 bridgehead atoms. The Balaban J connectivity index is 2.03. The maximum Gasteiger partial charge on any atom is 0.404 e. The number of rotatable bonds is 11. The molecule has 168 valence electrons. The van der Waals surface area contributed by atoms with Crippen LogP contribution in [-0.4, -0.2) is 32.4 Å². The van der Waals surface area contributed by atoms with Gasteiger partial charge in [0.25, 0.3) is 0 Å². The van der Waals surface area contributed by atoms with Crippen molar-refractivity contribution in [1.82, 2.24) is 5.32 Å². The number of hydrogen-bond acceptors (Lipinski definition) is 5. The number of amides is 3. The fraction of sp³-hybridized carbons (Fsp3) is 0.391. The number of benzene rings is 2. The standard InChI is InChI=1S/C23H31N3O5/c1-16(2)8-7-13-30-21-14-18(11-12-20(21)29-3)25-23(28)26-19(15-31-22(24)27)17-9-5-4-6-10-17/h4-6,9-12,14,16,19H,7-8,13,15H2,1-3H3,(H2,24,27)(H2,25,26,28)/t19-/m0/s1. The van der Waals surface area contributed by atoms with Gasteiger partial charge in [-0.1, -0.05) is 44.2 Å². The van der Waals surface area contributed by atoms with Crippen molar-refractivity contribution in [3.05, 3.63) is 54.1 Å². The first-order valence-electron chi connectivity index (χ1n) is 10.2. The van der Waals surface area contributed by atoms with E-state index in [1.807, 2.05) is 30.3 Å². The average molecular weight is 430 g/mol. The Kier molecular flexibility index (Phi) is 9.48. The first-order chi connectivity index (χ1) is 14.9. The zero-order valence-electron chi connectivity index (χ0n) is 18.2. The monoisotopic (exact) mass is 429 g/mol. The summed E-state index contributed by atoms with van der Waals surface area (Å²) < 4.78 is 16.1. The van der Waals surface area contributed by atoms with E-state index in [9.17, 15) is 9.59 Å². The lowest BCUT2D eigenvalue weighted by molar-refractivity contribution is 0.144. The number of carbonyl (C=O) groups excluding carboxylic acids is 2. The largest absolute Gasteiger partial charge is 0.493 e. The molecule has 2 aromatic rings. The summed E-state index contributed by atoms with van der Waals surface area (Å²) in [6.45, 7) is 4.81. The molecule has 8 heteroatoms. The summed E-state index contributed by atoms with van der Waals surface area (Å²) in [4.78, 5) is 23.6. The van der Waals surface area contributed by atoms with Crippen LogP contribution in [0.2, 0.25) is 0 Å². The summed E-state index contributed by atoms with van der Waals surface area (Å²) in [5.74, 6) is 1.76. The molecule has 31 heavy (non-hydrogen) atoms. The molecule has 2 aromatic carbocycles. The quantitative estimate of drug-likeness (QED) is 0.456. The third-order valence-corrected chi connectivity index (χ3v) is 4.50. The van der Waals surface area contributed by atoms with Crippen LogP contribution in [0.1, 0.15) is 38.3 Å². The van der Waals surface area contributed by atoms with Crippen molar-refractivity contribution in [3.63, 3.8) is 0 Å². The van der Waals surface area contributed by atoms with Gasteiger partial charge in [0, 0.05) is 11.8 Å². The second-order valence-electron chi connectivity index (χ2n) is 7.44. The van der Waals surface area contributed by atoms with Gasteiger partial charge in [0.05, 0.1) is 19.8 Å². The molecule has 0 saturated heterocycles. The number of nitrogens with one attached hydrogen (secondary N) is 2. The SMILES string of the molecule is COc1ccc(NC(=O)N[C@@H](COC(N)=O)c2ccccc2)cc1OCCCC(C)C. The Bertz CT molecular complexity index is 842. The number of hydrogen-bond donors (Lipinski definition) is 3. The fourth-order valence-corrected chi connectivity index (χ4v) is 2.94. The second-order valence-corrected chi connectivity index (χ2v) is 7.44. The number of ether oxygens (including phenoxy) is 3. The number of urea groups is 1. The number of methoxy groups -OCH3 is 1. The van der Waals surface area contributed by atoms with Crippen LogP contribution in [0.25, 0.3) is 0 Å². The summed E-state index contributed by atoms with van der Waals surface area (Å²) >= 11 is 0. The predicted molar refractivity (Wildman–Crippen MR) is 119 cm³/mol. The third kappa shape index (κ3) is 8.46. The fourth-order valence-electron chi connectivity index (χ4n) is 2.94. The minimum Gasteiger partial charge on any atom is -0.493 e. The van der Waals surface area contributed by atoms with Crippen molar-refractivity contribution in [2.24, 2.45) is 11.7 Å². The van der Waals surface area contributed by atoms with Crippen LogP contribution in [0.15, 0.2) is 48.5 Å². The van der Waals surface area contributed by atoms with E-state index < -0.39 is 18.2 Å². The maximum absolute atomic E-state index is 12.6. The predicted octanol–water partition coefficient (Wildman–Crippen LogP) is 4.47. The molecule has 8 nitrogen and oxygen atoms in total. The third-order valence-electron chi connectivity index (χ3n) is 4.50. The van der Waals surface area contributed by atoms with Crippen molar-refractivity contribution in [1.29, 1.82) is 0 Å². The highest BCUT2D eigenvalue weighted by molar-refractivity contribution is 5.90. The minimum atomic E-state index is -0.905. The van der Waals surface area contributed by atoms with Crippen LogP contribution in [0.5, 0.6) is 11.5 Å². The van der Waals surface area contributed by atoms with Gasteiger partial charge in [-0.15, -0.1) is 0 Å². The van der Waals surface area contributed by atoms with E-state index in [4.69, 9.17) is 19.9 Å². The highest BCUT2D eigenvalue weighted by atomic mass is 16.5. The molecular formula is C23H31N3O5. The molecule has 0 aliphatic rings. The van der Waals surface area contributed by atoms with Gasteiger partial charge in [-0.05, 0) is 36.5 Å². The van der Waals surface area contributed by atoms with E-state index in [0.29, 0.717) is 29.7 Å². The van der Waals surface area contributed by atoms with Gasteiger partial charge in [0.2, 0.25) is 0 Å². The topological polar surface area (TPSA) is 112 Å². The zero-order chi connectivity index (χ0) is 22.6. The van der Waals surface area contributed by atoms with Crippen molar-refractivity contribution < 1.29 is 23.8 Å². The summed E-state index contributed by atoms with van der Waals surface area (Å²) in [6, 6.07) is 13.3.